The Morgan fingerprint density at radius 1 is 0.939 bits per heavy atom. The molecule has 0 aliphatic rings. The average molecular weight is 483 g/mol. The monoisotopic (exact) mass is 482 g/mol. The third kappa shape index (κ3) is 9.80. The summed E-state index contributed by atoms with van der Waals surface area (Å²) in [6, 6.07) is 4.53. The van der Waals surface area contributed by atoms with E-state index in [2.05, 4.69) is 16.0 Å². The van der Waals surface area contributed by atoms with Gasteiger partial charge in [-0.15, -0.1) is 0 Å². The fourth-order valence-corrected chi connectivity index (χ4v) is 3.33. The molecule has 1 rings (SSSR count). The van der Waals surface area contributed by atoms with E-state index in [1.807, 2.05) is 12.3 Å². The molecular formula is C22H34N4O6S. The number of nitrogens with one attached hydrogen (secondary N) is 3. The van der Waals surface area contributed by atoms with Crippen molar-refractivity contribution in [3.05, 3.63) is 35.9 Å². The molecule has 1 aromatic rings. The van der Waals surface area contributed by atoms with Crippen LogP contribution in [0.15, 0.2) is 30.3 Å². The minimum absolute atomic E-state index is 0.133. The van der Waals surface area contributed by atoms with Crippen molar-refractivity contribution in [2.24, 2.45) is 11.7 Å². The number of aliphatic hydroxyl groups is 1. The number of carboxylic acid groups (broad SMARTS) is 1. The number of nitrogens with two attached hydrogens (primary N) is 1. The highest BCUT2D eigenvalue weighted by Crippen LogP contribution is 2.07. The smallest absolute Gasteiger partial charge is 0.326 e. The minimum Gasteiger partial charge on any atom is -0.480 e. The number of aliphatic carboxylic acids is 1. The van der Waals surface area contributed by atoms with Crippen LogP contribution in [-0.4, -0.2) is 76.7 Å². The average Bonchev–Trinajstić information content (AvgIpc) is 2.79. The van der Waals surface area contributed by atoms with Crippen LogP contribution >= 0.6 is 11.8 Å². The number of carbonyl (C=O) groups excluding carboxylic acids is 3. The Hall–Kier alpha value is -2.63. The first-order chi connectivity index (χ1) is 15.6. The summed E-state index contributed by atoms with van der Waals surface area (Å²) in [5.74, 6) is -2.91. The van der Waals surface area contributed by atoms with E-state index in [0.717, 1.165) is 5.56 Å². The van der Waals surface area contributed by atoms with E-state index in [9.17, 15) is 29.4 Å². The van der Waals surface area contributed by atoms with Gasteiger partial charge in [0.05, 0.1) is 12.6 Å². The van der Waals surface area contributed by atoms with Gasteiger partial charge in [-0.1, -0.05) is 44.2 Å². The van der Waals surface area contributed by atoms with Gasteiger partial charge < -0.3 is 31.9 Å². The lowest BCUT2D eigenvalue weighted by Crippen LogP contribution is -2.59. The Morgan fingerprint density at radius 3 is 2.00 bits per heavy atom. The van der Waals surface area contributed by atoms with Gasteiger partial charge in [0, 0.05) is 6.42 Å². The van der Waals surface area contributed by atoms with Crippen LogP contribution < -0.4 is 21.7 Å². The number of amides is 3. The van der Waals surface area contributed by atoms with Gasteiger partial charge in [0.2, 0.25) is 17.7 Å². The van der Waals surface area contributed by atoms with E-state index in [1.165, 1.54) is 11.8 Å². The topological polar surface area (TPSA) is 171 Å². The van der Waals surface area contributed by atoms with Crippen molar-refractivity contribution in [3.8, 4) is 0 Å². The standard InChI is InChI=1S/C22H34N4O6S/c1-13(2)18(23)21(30)25-16(11-14-7-5-4-6-8-14)19(28)26-17(12-27)20(29)24-15(22(31)32)9-10-33-3/h4-8,13,15-18,27H,9-12,23H2,1-3H3,(H,24,29)(H,25,30)(H,26,28)(H,31,32). The molecule has 184 valence electrons. The zero-order valence-corrected chi connectivity index (χ0v) is 19.9. The Balaban J connectivity index is 2.95. The van der Waals surface area contributed by atoms with Crippen molar-refractivity contribution in [1.29, 1.82) is 0 Å². The highest BCUT2D eigenvalue weighted by atomic mass is 32.2. The van der Waals surface area contributed by atoms with Crippen molar-refractivity contribution in [1.82, 2.24) is 16.0 Å². The van der Waals surface area contributed by atoms with Gasteiger partial charge in [-0.3, -0.25) is 14.4 Å². The largest absolute Gasteiger partial charge is 0.480 e. The second-order valence-electron chi connectivity index (χ2n) is 7.95. The van der Waals surface area contributed by atoms with Crippen LogP contribution in [0.3, 0.4) is 0 Å². The van der Waals surface area contributed by atoms with Crippen molar-refractivity contribution in [2.75, 3.05) is 18.6 Å². The SMILES string of the molecule is CSCCC(NC(=O)C(CO)NC(=O)C(Cc1ccccc1)NC(=O)C(N)C(C)C)C(=O)O. The molecule has 3 amide bonds. The van der Waals surface area contributed by atoms with E-state index >= 15 is 0 Å². The number of carbonyl (C=O) groups is 4. The van der Waals surface area contributed by atoms with Crippen LogP contribution in [-0.2, 0) is 25.6 Å². The van der Waals surface area contributed by atoms with E-state index in [1.54, 1.807) is 38.1 Å². The summed E-state index contributed by atoms with van der Waals surface area (Å²) < 4.78 is 0. The Labute approximate surface area is 198 Å². The molecule has 0 radical (unpaired) electrons. The summed E-state index contributed by atoms with van der Waals surface area (Å²) in [6.45, 7) is 2.81. The maximum atomic E-state index is 13.0. The summed E-state index contributed by atoms with van der Waals surface area (Å²) in [6.07, 6.45) is 2.13. The number of hydrogen-bond donors (Lipinski definition) is 6. The molecule has 0 heterocycles. The van der Waals surface area contributed by atoms with Crippen LogP contribution in [0.5, 0.6) is 0 Å². The Kier molecular flexibility index (Phi) is 12.5. The summed E-state index contributed by atoms with van der Waals surface area (Å²) in [4.78, 5) is 49.4. The van der Waals surface area contributed by atoms with Crippen molar-refractivity contribution in [2.45, 2.75) is 50.9 Å². The second-order valence-corrected chi connectivity index (χ2v) is 8.93. The molecule has 0 aliphatic carbocycles. The van der Waals surface area contributed by atoms with Crippen LogP contribution in [0.2, 0.25) is 0 Å². The maximum absolute atomic E-state index is 13.0. The van der Waals surface area contributed by atoms with Gasteiger partial charge in [-0.25, -0.2) is 4.79 Å². The van der Waals surface area contributed by atoms with E-state index < -0.39 is 54.5 Å². The third-order valence-corrected chi connectivity index (χ3v) is 5.62. The van der Waals surface area contributed by atoms with Crippen molar-refractivity contribution < 1.29 is 29.4 Å². The summed E-state index contributed by atoms with van der Waals surface area (Å²) in [5, 5.41) is 26.3. The van der Waals surface area contributed by atoms with E-state index in [-0.39, 0.29) is 18.8 Å². The second kappa shape index (κ2) is 14.5. The Morgan fingerprint density at radius 2 is 1.48 bits per heavy atom. The number of rotatable bonds is 14. The third-order valence-electron chi connectivity index (χ3n) is 4.98. The fraction of sp³-hybridized carbons (Fsp3) is 0.545. The van der Waals surface area contributed by atoms with Gasteiger partial charge in [0.15, 0.2) is 0 Å². The summed E-state index contributed by atoms with van der Waals surface area (Å²) in [5.41, 5.74) is 6.66. The van der Waals surface area contributed by atoms with Crippen LogP contribution in [0.25, 0.3) is 0 Å². The lowest BCUT2D eigenvalue weighted by atomic mass is 10.0. The number of hydrogen-bond acceptors (Lipinski definition) is 7. The molecule has 4 unspecified atom stereocenters. The van der Waals surface area contributed by atoms with E-state index in [4.69, 9.17) is 5.73 Å². The lowest BCUT2D eigenvalue weighted by molar-refractivity contribution is -0.142. The molecule has 0 saturated heterocycles. The molecule has 4 atom stereocenters. The molecule has 0 spiro atoms. The van der Waals surface area contributed by atoms with Gasteiger partial charge in [-0.05, 0) is 29.9 Å². The molecule has 1 aromatic carbocycles. The predicted molar refractivity (Wildman–Crippen MR) is 126 cm³/mol. The van der Waals surface area contributed by atoms with Crippen LogP contribution in [0.4, 0.5) is 0 Å². The molecule has 0 fully saturated rings. The number of thioether (sulfide) groups is 1. The highest BCUT2D eigenvalue weighted by Gasteiger charge is 2.30. The van der Waals surface area contributed by atoms with Crippen molar-refractivity contribution in [3.63, 3.8) is 0 Å². The first-order valence-corrected chi connectivity index (χ1v) is 12.0. The van der Waals surface area contributed by atoms with Crippen molar-refractivity contribution >= 4 is 35.5 Å². The zero-order chi connectivity index (χ0) is 25.0. The molecule has 0 bridgehead atoms. The molecule has 0 saturated carbocycles. The molecule has 10 nitrogen and oxygen atoms in total. The number of benzene rings is 1. The molecule has 33 heavy (non-hydrogen) atoms. The number of aliphatic hydroxyl groups excluding tert-OH is 1. The van der Waals surface area contributed by atoms with E-state index in [0.29, 0.717) is 5.75 Å². The molecule has 0 aliphatic heterocycles. The normalized spacial score (nSPS) is 14.6. The highest BCUT2D eigenvalue weighted by molar-refractivity contribution is 7.98. The molecule has 0 aromatic heterocycles. The van der Waals surface area contributed by atoms with Gasteiger partial charge in [0.25, 0.3) is 0 Å². The fourth-order valence-electron chi connectivity index (χ4n) is 2.86. The van der Waals surface area contributed by atoms with Gasteiger partial charge in [-0.2, -0.15) is 11.8 Å². The van der Waals surface area contributed by atoms with Crippen LogP contribution in [0, 0.1) is 5.92 Å². The first kappa shape index (κ1) is 28.4. The quantitative estimate of drug-likeness (QED) is 0.206. The molecule has 11 heteroatoms. The van der Waals surface area contributed by atoms with Gasteiger partial charge >= 0.3 is 5.97 Å². The summed E-state index contributed by atoms with van der Waals surface area (Å²) in [7, 11) is 0. The minimum atomic E-state index is -1.39. The zero-order valence-electron chi connectivity index (χ0n) is 19.1. The lowest BCUT2D eigenvalue weighted by Gasteiger charge is -2.25. The molecule has 7 N–H and O–H groups in total. The van der Waals surface area contributed by atoms with Gasteiger partial charge in [0.1, 0.15) is 18.1 Å². The number of carboxylic acids is 1. The maximum Gasteiger partial charge on any atom is 0.326 e. The summed E-state index contributed by atoms with van der Waals surface area (Å²) >= 11 is 1.43. The predicted octanol–water partition coefficient (Wildman–Crippen LogP) is -0.503. The first-order valence-electron chi connectivity index (χ1n) is 10.6. The van der Waals surface area contributed by atoms with Crippen LogP contribution in [0.1, 0.15) is 25.8 Å². The Bertz CT molecular complexity index is 792. The molecular weight excluding hydrogens is 448 g/mol.